The van der Waals surface area contributed by atoms with Crippen LogP contribution < -0.4 is 4.72 Å². The molecule has 1 N–H and O–H groups in total. The third-order valence-electron chi connectivity index (χ3n) is 2.90. The summed E-state index contributed by atoms with van der Waals surface area (Å²) < 4.78 is 26.1. The predicted octanol–water partition coefficient (Wildman–Crippen LogP) is 3.00. The third-order valence-corrected chi connectivity index (χ3v) is 5.04. The van der Waals surface area contributed by atoms with Crippen LogP contribution in [-0.2, 0) is 10.0 Å². The fourth-order valence-electron chi connectivity index (χ4n) is 1.67. The van der Waals surface area contributed by atoms with E-state index < -0.39 is 10.0 Å². The number of sulfonamides is 1. The van der Waals surface area contributed by atoms with Crippen LogP contribution in [0, 0.1) is 11.8 Å². The van der Waals surface area contributed by atoms with Gasteiger partial charge in [-0.3, -0.25) is 0 Å². The number of rotatable bonds is 10. The number of unbranched alkanes of at least 4 members (excludes halogenated alkanes) is 1. The molecule has 0 rings (SSSR count). The van der Waals surface area contributed by atoms with E-state index in [2.05, 4.69) is 18.6 Å². The van der Waals surface area contributed by atoms with Crippen molar-refractivity contribution in [2.45, 2.75) is 46.5 Å². The van der Waals surface area contributed by atoms with E-state index in [1.54, 1.807) is 0 Å². The minimum absolute atomic E-state index is 0.00452. The van der Waals surface area contributed by atoms with Gasteiger partial charge in [-0.25, -0.2) is 13.1 Å². The molecule has 2 atom stereocenters. The lowest BCUT2D eigenvalue weighted by molar-refractivity contribution is 0.443. The first-order valence-electron chi connectivity index (χ1n) is 6.48. The molecule has 2 unspecified atom stereocenters. The molecular weight excluding hydrogens is 258 g/mol. The molecular formula is C12H26ClNO2S. The van der Waals surface area contributed by atoms with Crippen LogP contribution in [0.15, 0.2) is 0 Å². The van der Waals surface area contributed by atoms with Crippen molar-refractivity contribution in [3.8, 4) is 0 Å². The van der Waals surface area contributed by atoms with Gasteiger partial charge in [0.2, 0.25) is 10.0 Å². The van der Waals surface area contributed by atoms with Crippen molar-refractivity contribution < 1.29 is 8.42 Å². The number of hydrogen-bond donors (Lipinski definition) is 1. The Labute approximate surface area is 111 Å². The van der Waals surface area contributed by atoms with Crippen molar-refractivity contribution in [3.63, 3.8) is 0 Å². The molecule has 0 radical (unpaired) electrons. The Morgan fingerprint density at radius 2 is 1.94 bits per heavy atom. The Hall–Kier alpha value is 0.200. The van der Waals surface area contributed by atoms with Gasteiger partial charge in [-0.1, -0.05) is 40.0 Å². The molecule has 0 aromatic heterocycles. The first-order chi connectivity index (χ1) is 7.95. The van der Waals surface area contributed by atoms with E-state index in [9.17, 15) is 8.42 Å². The number of alkyl halides is 1. The summed E-state index contributed by atoms with van der Waals surface area (Å²) >= 11 is 5.62. The summed E-state index contributed by atoms with van der Waals surface area (Å²) in [6, 6.07) is 0. The van der Waals surface area contributed by atoms with Gasteiger partial charge in [0.15, 0.2) is 0 Å². The van der Waals surface area contributed by atoms with Crippen molar-refractivity contribution >= 4 is 21.6 Å². The third kappa shape index (κ3) is 8.86. The summed E-state index contributed by atoms with van der Waals surface area (Å²) in [7, 11) is -3.16. The van der Waals surface area contributed by atoms with E-state index in [-0.39, 0.29) is 11.7 Å². The lowest BCUT2D eigenvalue weighted by atomic mass is 10.00. The summed E-state index contributed by atoms with van der Waals surface area (Å²) in [5.74, 6) is 0.968. The van der Waals surface area contributed by atoms with Gasteiger partial charge in [0.1, 0.15) is 0 Å². The van der Waals surface area contributed by atoms with Gasteiger partial charge in [-0.05, 0) is 18.3 Å². The molecule has 0 bridgehead atoms. The second-order valence-electron chi connectivity index (χ2n) is 4.81. The molecule has 0 aromatic rings. The number of nitrogens with one attached hydrogen (secondary N) is 1. The van der Waals surface area contributed by atoms with Crippen LogP contribution >= 0.6 is 11.6 Å². The molecule has 0 fully saturated rings. The predicted molar refractivity (Wildman–Crippen MR) is 75.0 cm³/mol. The molecule has 104 valence electrons. The largest absolute Gasteiger partial charge is 0.215 e. The zero-order valence-electron chi connectivity index (χ0n) is 11.2. The lowest BCUT2D eigenvalue weighted by Gasteiger charge is -2.16. The summed E-state index contributed by atoms with van der Waals surface area (Å²) in [6.07, 6.45) is 4.44. The molecule has 5 heteroatoms. The molecule has 0 heterocycles. The minimum atomic E-state index is -3.16. The zero-order valence-corrected chi connectivity index (χ0v) is 12.8. The molecule has 0 saturated carbocycles. The SMILES string of the molecule is CCCCC(CC)CNS(=O)(=O)CC(C)CCl. The van der Waals surface area contributed by atoms with Gasteiger partial charge in [-0.15, -0.1) is 11.6 Å². The number of hydrogen-bond acceptors (Lipinski definition) is 2. The summed E-state index contributed by atoms with van der Waals surface area (Å²) in [5, 5.41) is 0. The van der Waals surface area contributed by atoms with Crippen molar-refractivity contribution in [1.82, 2.24) is 4.72 Å². The highest BCUT2D eigenvalue weighted by Gasteiger charge is 2.16. The second-order valence-corrected chi connectivity index (χ2v) is 6.97. The molecule has 0 spiro atoms. The van der Waals surface area contributed by atoms with Crippen LogP contribution in [0.2, 0.25) is 0 Å². The van der Waals surface area contributed by atoms with Crippen molar-refractivity contribution in [2.75, 3.05) is 18.2 Å². The van der Waals surface area contributed by atoms with Crippen LogP contribution in [0.25, 0.3) is 0 Å². The van der Waals surface area contributed by atoms with E-state index in [0.29, 0.717) is 18.3 Å². The standard InChI is InChI=1S/C12H26ClNO2S/c1-4-6-7-12(5-2)9-14-17(15,16)10-11(3)8-13/h11-12,14H,4-10H2,1-3H3. The van der Waals surface area contributed by atoms with E-state index >= 15 is 0 Å². The van der Waals surface area contributed by atoms with Crippen LogP contribution in [0.1, 0.15) is 46.5 Å². The maximum Gasteiger partial charge on any atom is 0.211 e. The fraction of sp³-hybridized carbons (Fsp3) is 1.00. The molecule has 0 aromatic carbocycles. The Bertz CT molecular complexity index is 280. The van der Waals surface area contributed by atoms with Gasteiger partial charge in [-0.2, -0.15) is 0 Å². The maximum absolute atomic E-state index is 11.7. The minimum Gasteiger partial charge on any atom is -0.215 e. The highest BCUT2D eigenvalue weighted by Crippen LogP contribution is 2.12. The average molecular weight is 284 g/mol. The van der Waals surface area contributed by atoms with Crippen LogP contribution in [0.4, 0.5) is 0 Å². The Morgan fingerprint density at radius 3 is 2.41 bits per heavy atom. The molecule has 0 aliphatic rings. The number of halogens is 1. The van der Waals surface area contributed by atoms with Gasteiger partial charge < -0.3 is 0 Å². The van der Waals surface area contributed by atoms with Crippen molar-refractivity contribution in [1.29, 1.82) is 0 Å². The normalized spacial score (nSPS) is 15.8. The molecule has 17 heavy (non-hydrogen) atoms. The van der Waals surface area contributed by atoms with Gasteiger partial charge in [0.05, 0.1) is 5.75 Å². The highest BCUT2D eigenvalue weighted by molar-refractivity contribution is 7.89. The van der Waals surface area contributed by atoms with Gasteiger partial charge in [0.25, 0.3) is 0 Å². The van der Waals surface area contributed by atoms with Crippen molar-refractivity contribution in [3.05, 3.63) is 0 Å². The molecule has 0 aliphatic carbocycles. The van der Waals surface area contributed by atoms with Crippen LogP contribution in [0.3, 0.4) is 0 Å². The summed E-state index contributed by atoms with van der Waals surface area (Å²) in [5.41, 5.74) is 0. The van der Waals surface area contributed by atoms with Crippen LogP contribution in [0.5, 0.6) is 0 Å². The summed E-state index contributed by atoms with van der Waals surface area (Å²) in [6.45, 7) is 6.67. The zero-order chi connectivity index (χ0) is 13.3. The highest BCUT2D eigenvalue weighted by atomic mass is 35.5. The molecule has 0 aliphatic heterocycles. The Morgan fingerprint density at radius 1 is 1.29 bits per heavy atom. The van der Waals surface area contributed by atoms with Crippen LogP contribution in [-0.4, -0.2) is 26.6 Å². The smallest absolute Gasteiger partial charge is 0.211 e. The lowest BCUT2D eigenvalue weighted by Crippen LogP contribution is -2.33. The van der Waals surface area contributed by atoms with E-state index in [1.807, 2.05) is 6.92 Å². The first kappa shape index (κ1) is 17.2. The quantitative estimate of drug-likeness (QED) is 0.627. The Kier molecular flexibility index (Phi) is 9.28. The fourth-order valence-corrected chi connectivity index (χ4v) is 3.38. The topological polar surface area (TPSA) is 46.2 Å². The molecule has 0 amide bonds. The van der Waals surface area contributed by atoms with Gasteiger partial charge >= 0.3 is 0 Å². The molecule has 0 saturated heterocycles. The maximum atomic E-state index is 11.7. The van der Waals surface area contributed by atoms with E-state index in [4.69, 9.17) is 11.6 Å². The summed E-state index contributed by atoms with van der Waals surface area (Å²) in [4.78, 5) is 0. The monoisotopic (exact) mass is 283 g/mol. The first-order valence-corrected chi connectivity index (χ1v) is 8.67. The van der Waals surface area contributed by atoms with Crippen molar-refractivity contribution in [2.24, 2.45) is 11.8 Å². The average Bonchev–Trinajstić information content (AvgIpc) is 2.28. The second kappa shape index (κ2) is 9.17. The molecule has 3 nitrogen and oxygen atoms in total. The van der Waals surface area contributed by atoms with E-state index in [0.717, 1.165) is 25.7 Å². The van der Waals surface area contributed by atoms with E-state index in [1.165, 1.54) is 0 Å². The van der Waals surface area contributed by atoms with Gasteiger partial charge in [0, 0.05) is 12.4 Å². The Balaban J connectivity index is 4.05.